The van der Waals surface area contributed by atoms with Gasteiger partial charge in [-0.05, 0) is 53.5 Å². The van der Waals surface area contributed by atoms with Gasteiger partial charge in [0.25, 0.3) is 0 Å². The minimum atomic E-state index is -0.407. The molecule has 2 rings (SSSR count). The van der Waals surface area contributed by atoms with Gasteiger partial charge in [0.15, 0.2) is 0 Å². The average molecular weight is 346 g/mol. The molecule has 1 heterocycles. The van der Waals surface area contributed by atoms with Crippen LogP contribution in [0.1, 0.15) is 73.3 Å². The van der Waals surface area contributed by atoms with Gasteiger partial charge >= 0.3 is 5.97 Å². The van der Waals surface area contributed by atoms with Crippen LogP contribution in [0.4, 0.5) is 0 Å². The van der Waals surface area contributed by atoms with Crippen LogP contribution >= 0.6 is 0 Å². The van der Waals surface area contributed by atoms with Gasteiger partial charge in [-0.15, -0.1) is 0 Å². The minimum absolute atomic E-state index is 0.0182. The van der Waals surface area contributed by atoms with E-state index in [1.807, 2.05) is 20.8 Å². The van der Waals surface area contributed by atoms with Crippen molar-refractivity contribution in [3.63, 3.8) is 0 Å². The number of esters is 1. The van der Waals surface area contributed by atoms with Crippen molar-refractivity contribution in [3.05, 3.63) is 35.9 Å². The number of hydrogen-bond donors (Lipinski definition) is 0. The predicted octanol–water partition coefficient (Wildman–Crippen LogP) is 5.19. The molecule has 0 unspecified atom stereocenters. The van der Waals surface area contributed by atoms with Crippen LogP contribution in [0.5, 0.6) is 0 Å². The molecule has 0 spiro atoms. The van der Waals surface area contributed by atoms with Gasteiger partial charge in [0.1, 0.15) is 6.10 Å². The minimum Gasteiger partial charge on any atom is -0.462 e. The normalized spacial score (nSPS) is 21.1. The lowest BCUT2D eigenvalue weighted by molar-refractivity contribution is -0.171. The van der Waals surface area contributed by atoms with Crippen molar-refractivity contribution in [3.8, 4) is 0 Å². The summed E-state index contributed by atoms with van der Waals surface area (Å²) in [6.07, 6.45) is 2.52. The van der Waals surface area contributed by atoms with Gasteiger partial charge in [0.2, 0.25) is 0 Å². The number of ether oxygens (including phenoxy) is 1. The zero-order valence-corrected chi connectivity index (χ0v) is 17.1. The zero-order chi connectivity index (χ0) is 18.9. The van der Waals surface area contributed by atoms with Crippen molar-refractivity contribution in [2.45, 2.75) is 91.5 Å². The van der Waals surface area contributed by atoms with Crippen LogP contribution in [-0.2, 0) is 16.1 Å². The molecule has 3 heteroatoms. The molecule has 1 aromatic carbocycles. The number of hydrogen-bond acceptors (Lipinski definition) is 3. The Morgan fingerprint density at radius 1 is 1.12 bits per heavy atom. The molecular formula is C22H35NO2. The van der Waals surface area contributed by atoms with E-state index in [9.17, 15) is 4.79 Å². The molecule has 0 radical (unpaired) electrons. The number of carbonyl (C=O) groups is 1. The molecule has 140 valence electrons. The van der Waals surface area contributed by atoms with Crippen LogP contribution < -0.4 is 0 Å². The summed E-state index contributed by atoms with van der Waals surface area (Å²) in [5, 5.41) is 0. The van der Waals surface area contributed by atoms with Crippen LogP contribution in [0.2, 0.25) is 0 Å². The summed E-state index contributed by atoms with van der Waals surface area (Å²) in [5.41, 5.74) is 0.860. The first kappa shape index (κ1) is 20.0. The Hall–Kier alpha value is -1.35. The maximum Gasteiger partial charge on any atom is 0.311 e. The summed E-state index contributed by atoms with van der Waals surface area (Å²) in [6, 6.07) is 10.6. The highest BCUT2D eigenvalue weighted by atomic mass is 16.5. The molecule has 0 saturated carbocycles. The Morgan fingerprint density at radius 3 is 2.12 bits per heavy atom. The van der Waals surface area contributed by atoms with E-state index >= 15 is 0 Å². The van der Waals surface area contributed by atoms with Crippen molar-refractivity contribution in [2.24, 2.45) is 5.41 Å². The summed E-state index contributed by atoms with van der Waals surface area (Å²) in [5.74, 6) is -0.0666. The number of carbonyl (C=O) groups excluding carboxylic acids is 1. The quantitative estimate of drug-likeness (QED) is 0.688. The maximum atomic E-state index is 12.5. The molecule has 0 aliphatic carbocycles. The molecule has 1 saturated heterocycles. The number of likely N-dealkylation sites (tertiary alicyclic amines) is 1. The van der Waals surface area contributed by atoms with Crippen molar-refractivity contribution in [2.75, 3.05) is 0 Å². The maximum absolute atomic E-state index is 12.5. The van der Waals surface area contributed by atoms with Crippen LogP contribution in [-0.4, -0.2) is 28.1 Å². The monoisotopic (exact) mass is 345 g/mol. The Kier molecular flexibility index (Phi) is 5.68. The summed E-state index contributed by atoms with van der Waals surface area (Å²) >= 11 is 0. The molecule has 1 aliphatic heterocycles. The van der Waals surface area contributed by atoms with E-state index in [0.29, 0.717) is 0 Å². The molecular weight excluding hydrogens is 310 g/mol. The lowest BCUT2D eigenvalue weighted by atomic mass is 9.77. The summed E-state index contributed by atoms with van der Waals surface area (Å²) in [7, 11) is 0. The zero-order valence-electron chi connectivity index (χ0n) is 17.1. The number of piperidine rings is 1. The smallest absolute Gasteiger partial charge is 0.311 e. The lowest BCUT2D eigenvalue weighted by Gasteiger charge is -2.55. The highest BCUT2D eigenvalue weighted by molar-refractivity contribution is 5.76. The SMILES string of the molecule is CCC(C)(C)C(=O)OC1CC(C)(C)N(Cc2ccccc2)C(C)(C)C1. The van der Waals surface area contributed by atoms with Crippen LogP contribution in [0.25, 0.3) is 0 Å². The second-order valence-electron chi connectivity index (χ2n) is 9.37. The first-order chi connectivity index (χ1) is 11.5. The third kappa shape index (κ3) is 4.63. The highest BCUT2D eigenvalue weighted by Crippen LogP contribution is 2.41. The van der Waals surface area contributed by atoms with E-state index in [2.05, 4.69) is 62.9 Å². The van der Waals surface area contributed by atoms with E-state index < -0.39 is 5.41 Å². The Labute approximate surface area is 153 Å². The van der Waals surface area contributed by atoms with Crippen molar-refractivity contribution in [1.82, 2.24) is 4.90 Å². The van der Waals surface area contributed by atoms with Gasteiger partial charge in [-0.1, -0.05) is 37.3 Å². The third-order valence-electron chi connectivity index (χ3n) is 5.81. The molecule has 3 nitrogen and oxygen atoms in total. The molecule has 1 aliphatic rings. The third-order valence-corrected chi connectivity index (χ3v) is 5.81. The van der Waals surface area contributed by atoms with Gasteiger partial charge in [0.05, 0.1) is 5.41 Å². The molecule has 0 N–H and O–H groups in total. The van der Waals surface area contributed by atoms with Gasteiger partial charge in [-0.2, -0.15) is 0 Å². The molecule has 0 amide bonds. The van der Waals surface area contributed by atoms with E-state index in [1.165, 1.54) is 5.56 Å². The molecule has 1 aromatic rings. The predicted molar refractivity (Wildman–Crippen MR) is 103 cm³/mol. The highest BCUT2D eigenvalue weighted by Gasteiger charge is 2.47. The number of rotatable bonds is 5. The molecule has 1 fully saturated rings. The van der Waals surface area contributed by atoms with Crippen molar-refractivity contribution < 1.29 is 9.53 Å². The fourth-order valence-corrected chi connectivity index (χ4v) is 3.96. The van der Waals surface area contributed by atoms with Gasteiger partial charge in [-0.3, -0.25) is 9.69 Å². The Bertz CT molecular complexity index is 571. The van der Waals surface area contributed by atoms with E-state index in [1.54, 1.807) is 0 Å². The van der Waals surface area contributed by atoms with E-state index in [0.717, 1.165) is 25.8 Å². The Morgan fingerprint density at radius 2 is 1.64 bits per heavy atom. The molecule has 0 bridgehead atoms. The summed E-state index contributed by atoms with van der Waals surface area (Å²) in [4.78, 5) is 15.1. The fourth-order valence-electron chi connectivity index (χ4n) is 3.96. The molecule has 0 aromatic heterocycles. The van der Waals surface area contributed by atoms with Gasteiger partial charge in [0, 0.05) is 30.5 Å². The van der Waals surface area contributed by atoms with Crippen molar-refractivity contribution >= 4 is 5.97 Å². The average Bonchev–Trinajstić information content (AvgIpc) is 2.51. The first-order valence-electron chi connectivity index (χ1n) is 9.51. The van der Waals surface area contributed by atoms with Crippen LogP contribution in [0, 0.1) is 5.41 Å². The summed E-state index contributed by atoms with van der Waals surface area (Å²) < 4.78 is 5.95. The largest absolute Gasteiger partial charge is 0.462 e. The van der Waals surface area contributed by atoms with E-state index in [4.69, 9.17) is 4.74 Å². The molecule has 25 heavy (non-hydrogen) atoms. The first-order valence-corrected chi connectivity index (χ1v) is 9.51. The second kappa shape index (κ2) is 7.11. The number of benzene rings is 1. The van der Waals surface area contributed by atoms with Crippen LogP contribution in [0.15, 0.2) is 30.3 Å². The topological polar surface area (TPSA) is 29.5 Å². The van der Waals surface area contributed by atoms with E-state index in [-0.39, 0.29) is 23.2 Å². The van der Waals surface area contributed by atoms with Crippen LogP contribution in [0.3, 0.4) is 0 Å². The summed E-state index contributed by atoms with van der Waals surface area (Å²) in [6.45, 7) is 16.0. The van der Waals surface area contributed by atoms with Gasteiger partial charge in [-0.25, -0.2) is 0 Å². The Balaban J connectivity index is 2.14. The number of nitrogens with zero attached hydrogens (tertiary/aromatic N) is 1. The van der Waals surface area contributed by atoms with Crippen molar-refractivity contribution in [1.29, 1.82) is 0 Å². The standard InChI is InChI=1S/C22H35NO2/c1-8-20(2,3)19(24)25-18-14-21(4,5)23(22(6,7)15-18)16-17-12-10-9-11-13-17/h9-13,18H,8,14-16H2,1-7H3. The van der Waals surface area contributed by atoms with Gasteiger partial charge < -0.3 is 4.74 Å². The second-order valence-corrected chi connectivity index (χ2v) is 9.37. The molecule has 0 atom stereocenters. The fraction of sp³-hybridized carbons (Fsp3) is 0.682. The lowest BCUT2D eigenvalue weighted by Crippen LogP contribution is -2.61.